The van der Waals surface area contributed by atoms with Gasteiger partial charge in [-0.25, -0.2) is 0 Å². The lowest BCUT2D eigenvalue weighted by Crippen LogP contribution is -2.26. The van der Waals surface area contributed by atoms with Gasteiger partial charge in [0.15, 0.2) is 0 Å². The van der Waals surface area contributed by atoms with Crippen LogP contribution < -0.4 is 0 Å². The highest BCUT2D eigenvalue weighted by atomic mass is 35.5. The monoisotopic (exact) mass is 442 g/mol. The van der Waals surface area contributed by atoms with Crippen LogP contribution in [0.3, 0.4) is 0 Å². The summed E-state index contributed by atoms with van der Waals surface area (Å²) in [5, 5.41) is 30.1. The largest absolute Gasteiger partial charge is 0.481 e. The van der Waals surface area contributed by atoms with Crippen LogP contribution in [-0.4, -0.2) is 50.8 Å². The zero-order chi connectivity index (χ0) is 21.2. The molecule has 0 amide bonds. The van der Waals surface area contributed by atoms with Crippen LogP contribution in [0.4, 0.5) is 0 Å². The van der Waals surface area contributed by atoms with Gasteiger partial charge in [0.2, 0.25) is 0 Å². The van der Waals surface area contributed by atoms with Crippen molar-refractivity contribution in [3.63, 3.8) is 0 Å². The maximum Gasteiger partial charge on any atom is 0.303 e. The van der Waals surface area contributed by atoms with E-state index < -0.39 is 18.2 Å². The van der Waals surface area contributed by atoms with Crippen molar-refractivity contribution in [2.75, 3.05) is 5.75 Å². The average molecular weight is 443 g/mol. The third kappa shape index (κ3) is 8.28. The number of unbranched alkanes of at least 4 members (excludes halogenated alkanes) is 3. The summed E-state index contributed by atoms with van der Waals surface area (Å²) in [5.41, 5.74) is 1.01. The number of carbonyl (C=O) groups excluding carboxylic acids is 1. The smallest absolute Gasteiger partial charge is 0.303 e. The second kappa shape index (κ2) is 12.6. The number of aldehydes is 1. The summed E-state index contributed by atoms with van der Waals surface area (Å²) in [5.74, 6) is -0.298. The van der Waals surface area contributed by atoms with Crippen molar-refractivity contribution in [3.05, 3.63) is 34.9 Å². The first-order valence-corrected chi connectivity index (χ1v) is 11.7. The molecule has 1 aliphatic rings. The number of aliphatic hydroxyl groups excluding tert-OH is 2. The first kappa shape index (κ1) is 24.2. The predicted octanol–water partition coefficient (Wildman–Crippen LogP) is 3.97. The molecular weight excluding hydrogens is 412 g/mol. The van der Waals surface area contributed by atoms with E-state index in [2.05, 4.69) is 0 Å². The van der Waals surface area contributed by atoms with Gasteiger partial charge in [-0.3, -0.25) is 4.79 Å². The van der Waals surface area contributed by atoms with Crippen molar-refractivity contribution in [2.24, 2.45) is 11.8 Å². The molecule has 0 aliphatic heterocycles. The molecule has 1 saturated carbocycles. The number of thioether (sulfide) groups is 1. The van der Waals surface area contributed by atoms with E-state index in [1.54, 1.807) is 23.9 Å². The Morgan fingerprint density at radius 3 is 2.55 bits per heavy atom. The molecule has 1 aromatic carbocycles. The Labute approximate surface area is 181 Å². The fraction of sp³-hybridized carbons (Fsp3) is 0.636. The summed E-state index contributed by atoms with van der Waals surface area (Å²) in [7, 11) is 0. The van der Waals surface area contributed by atoms with Crippen LogP contribution in [0.15, 0.2) is 24.3 Å². The van der Waals surface area contributed by atoms with E-state index in [4.69, 9.17) is 16.7 Å². The highest BCUT2D eigenvalue weighted by Gasteiger charge is 2.42. The van der Waals surface area contributed by atoms with Crippen LogP contribution >= 0.6 is 23.4 Å². The molecule has 3 unspecified atom stereocenters. The topological polar surface area (TPSA) is 94.8 Å². The van der Waals surface area contributed by atoms with Gasteiger partial charge < -0.3 is 20.1 Å². The van der Waals surface area contributed by atoms with Crippen LogP contribution in [-0.2, 0) is 16.0 Å². The molecule has 0 radical (unpaired) electrons. The molecule has 162 valence electrons. The van der Waals surface area contributed by atoms with Crippen molar-refractivity contribution < 1.29 is 24.9 Å². The molecule has 2 rings (SSSR count). The van der Waals surface area contributed by atoms with Crippen molar-refractivity contribution in [2.45, 2.75) is 68.8 Å². The van der Waals surface area contributed by atoms with E-state index >= 15 is 0 Å². The van der Waals surface area contributed by atoms with Gasteiger partial charge in [0.25, 0.3) is 0 Å². The molecule has 0 heterocycles. The number of aliphatic hydroxyl groups is 2. The lowest BCUT2D eigenvalue weighted by Gasteiger charge is -2.24. The summed E-state index contributed by atoms with van der Waals surface area (Å²) in [4.78, 5) is 22.0. The molecule has 1 aromatic rings. The zero-order valence-electron chi connectivity index (χ0n) is 16.6. The van der Waals surface area contributed by atoms with Crippen molar-refractivity contribution in [1.82, 2.24) is 0 Å². The number of carboxylic acids is 1. The van der Waals surface area contributed by atoms with Crippen molar-refractivity contribution in [1.29, 1.82) is 0 Å². The average Bonchev–Trinajstić information content (AvgIpc) is 2.99. The Morgan fingerprint density at radius 1 is 1.21 bits per heavy atom. The molecule has 7 heteroatoms. The van der Waals surface area contributed by atoms with Crippen LogP contribution in [0.2, 0.25) is 5.02 Å². The molecule has 5 nitrogen and oxygen atoms in total. The molecule has 29 heavy (non-hydrogen) atoms. The Bertz CT molecular complexity index is 639. The minimum Gasteiger partial charge on any atom is -0.481 e. The quantitative estimate of drug-likeness (QED) is 0.316. The lowest BCUT2D eigenvalue weighted by atomic mass is 9.91. The first-order chi connectivity index (χ1) is 13.9. The van der Waals surface area contributed by atoms with E-state index in [1.807, 2.05) is 12.1 Å². The number of halogens is 1. The third-order valence-electron chi connectivity index (χ3n) is 5.58. The minimum atomic E-state index is -0.765. The van der Waals surface area contributed by atoms with Gasteiger partial charge in [-0.05, 0) is 49.3 Å². The maximum absolute atomic E-state index is 11.5. The number of hydrogen-bond donors (Lipinski definition) is 3. The first-order valence-electron chi connectivity index (χ1n) is 10.3. The van der Waals surface area contributed by atoms with Crippen molar-refractivity contribution in [3.8, 4) is 0 Å². The standard InChI is InChI=1S/C22H31ClO5S/c23-17-9-7-15(8-10-17)11-18(25)14-29-22-19(16(13-24)12-20(22)26)5-3-1-2-4-6-21(27)28/h7-10,13,16,18-20,22,25-26H,1-6,11-12,14H2,(H,27,28)/t16?,18?,19-,20?,22+/m0/s1. The summed E-state index contributed by atoms with van der Waals surface area (Å²) < 4.78 is 0. The summed E-state index contributed by atoms with van der Waals surface area (Å²) in [6.07, 6.45) is 5.35. The van der Waals surface area contributed by atoms with Crippen LogP contribution in [0.5, 0.6) is 0 Å². The van der Waals surface area contributed by atoms with E-state index in [0.717, 1.165) is 37.5 Å². The fourth-order valence-electron chi connectivity index (χ4n) is 4.07. The van der Waals surface area contributed by atoms with Gasteiger partial charge in [0, 0.05) is 28.4 Å². The van der Waals surface area contributed by atoms with Gasteiger partial charge in [-0.15, -0.1) is 0 Å². The molecule has 0 saturated heterocycles. The van der Waals surface area contributed by atoms with Crippen LogP contribution in [0, 0.1) is 11.8 Å². The third-order valence-corrected chi connectivity index (χ3v) is 7.46. The molecule has 1 fully saturated rings. The summed E-state index contributed by atoms with van der Waals surface area (Å²) in [6.45, 7) is 0. The van der Waals surface area contributed by atoms with E-state index in [0.29, 0.717) is 30.0 Å². The number of carbonyl (C=O) groups is 2. The predicted molar refractivity (Wildman–Crippen MR) is 116 cm³/mol. The SMILES string of the molecule is O=CC1CC(O)[C@H](SCC(O)Cc2ccc(Cl)cc2)[C@H]1CCCCCCC(=O)O. The zero-order valence-corrected chi connectivity index (χ0v) is 18.2. The molecule has 3 N–H and O–H groups in total. The van der Waals surface area contributed by atoms with Crippen molar-refractivity contribution >= 4 is 35.6 Å². The Kier molecular flexibility index (Phi) is 10.5. The van der Waals surface area contributed by atoms with Crippen LogP contribution in [0.25, 0.3) is 0 Å². The number of rotatable bonds is 13. The lowest BCUT2D eigenvalue weighted by molar-refractivity contribution is -0.137. The number of aliphatic carboxylic acids is 1. The normalized spacial score (nSPS) is 25.1. The van der Waals surface area contributed by atoms with E-state index in [1.165, 1.54) is 0 Å². The Balaban J connectivity index is 1.79. The van der Waals surface area contributed by atoms with Gasteiger partial charge in [-0.1, -0.05) is 43.0 Å². The molecule has 5 atom stereocenters. The van der Waals surface area contributed by atoms with Gasteiger partial charge >= 0.3 is 5.97 Å². The summed E-state index contributed by atoms with van der Waals surface area (Å²) >= 11 is 7.45. The van der Waals surface area contributed by atoms with Gasteiger partial charge in [0.05, 0.1) is 12.2 Å². The molecule has 0 bridgehead atoms. The second-order valence-electron chi connectivity index (χ2n) is 7.90. The Morgan fingerprint density at radius 2 is 1.90 bits per heavy atom. The number of benzene rings is 1. The number of hydrogen-bond acceptors (Lipinski definition) is 5. The van der Waals surface area contributed by atoms with Gasteiger partial charge in [0.1, 0.15) is 6.29 Å². The van der Waals surface area contributed by atoms with E-state index in [-0.39, 0.29) is 23.5 Å². The highest BCUT2D eigenvalue weighted by molar-refractivity contribution is 8.00. The summed E-state index contributed by atoms with van der Waals surface area (Å²) in [6, 6.07) is 7.41. The Hall–Kier alpha value is -1.08. The van der Waals surface area contributed by atoms with Gasteiger partial charge in [-0.2, -0.15) is 11.8 Å². The molecule has 0 aromatic heterocycles. The second-order valence-corrected chi connectivity index (χ2v) is 9.54. The molecule has 0 spiro atoms. The highest BCUT2D eigenvalue weighted by Crippen LogP contribution is 2.42. The van der Waals surface area contributed by atoms with E-state index in [9.17, 15) is 19.8 Å². The minimum absolute atomic E-state index is 0.0518. The molecular formula is C22H31ClO5S. The fourth-order valence-corrected chi connectivity index (χ4v) is 5.68. The number of carboxylic acid groups (broad SMARTS) is 1. The molecule has 1 aliphatic carbocycles. The maximum atomic E-state index is 11.5. The van der Waals surface area contributed by atoms with Crippen LogP contribution in [0.1, 0.15) is 50.5 Å².